The van der Waals surface area contributed by atoms with Crippen LogP contribution in [0.25, 0.3) is 0 Å². The van der Waals surface area contributed by atoms with Crippen molar-refractivity contribution in [2.24, 2.45) is 0 Å². The number of amides is 1. The van der Waals surface area contributed by atoms with Gasteiger partial charge in [-0.2, -0.15) is 8.42 Å². The second kappa shape index (κ2) is 6.16. The Bertz CT molecular complexity index is 384. The summed E-state index contributed by atoms with van der Waals surface area (Å²) in [5.41, 5.74) is 0.437. The summed E-state index contributed by atoms with van der Waals surface area (Å²) in [5, 5.41) is 2.64. The number of hydrogen-bond acceptors (Lipinski definition) is 3. The Balaban J connectivity index is 3.88. The first-order chi connectivity index (χ1) is 7.58. The van der Waals surface area contributed by atoms with Crippen LogP contribution in [0.5, 0.6) is 0 Å². The van der Waals surface area contributed by atoms with E-state index in [1.165, 1.54) is 20.3 Å². The van der Waals surface area contributed by atoms with Crippen molar-refractivity contribution >= 4 is 16.0 Å². The van der Waals surface area contributed by atoms with Crippen molar-refractivity contribution in [2.45, 2.75) is 38.4 Å². The number of unbranched alkanes of at least 4 members (excludes halogenated alkanes) is 1. The van der Waals surface area contributed by atoms with E-state index in [4.69, 9.17) is 4.55 Å². The van der Waals surface area contributed by atoms with Gasteiger partial charge in [-0.3, -0.25) is 9.35 Å². The van der Waals surface area contributed by atoms with E-state index in [0.29, 0.717) is 25.0 Å². The first-order valence-electron chi connectivity index (χ1n) is 5.33. The number of carbonyl (C=O) groups excluding carboxylic acids is 1. The van der Waals surface area contributed by atoms with E-state index in [0.717, 1.165) is 0 Å². The average molecular weight is 262 g/mol. The van der Waals surface area contributed by atoms with Gasteiger partial charge in [0.2, 0.25) is 5.91 Å². The monoisotopic (exact) mass is 262 g/mol. The number of nitrogens with one attached hydrogen (secondary N) is 1. The molecule has 0 saturated carbocycles. The molecule has 0 heterocycles. The topological polar surface area (TPSA) is 83.5 Å². The summed E-state index contributed by atoms with van der Waals surface area (Å²) >= 11 is 0. The van der Waals surface area contributed by atoms with Crippen molar-refractivity contribution in [3.8, 4) is 0 Å². The molecular formula is C11H20NO4S. The fourth-order valence-corrected chi connectivity index (χ4v) is 1.34. The standard InChI is InChI=1S/C11H20NO4S/c1-9(2)10(13)12-8-6-5-7-11(3,4)17(14,15)16/h7H,1,5-6,8H2,2-4H3,(H,12,13)(H,14,15,16). The summed E-state index contributed by atoms with van der Waals surface area (Å²) in [6.45, 7) is 8.41. The fraction of sp³-hybridized carbons (Fsp3) is 0.636. The van der Waals surface area contributed by atoms with Crippen LogP contribution < -0.4 is 5.32 Å². The molecule has 0 aromatic heterocycles. The number of carbonyl (C=O) groups is 1. The second-order valence-corrected chi connectivity index (χ2v) is 6.46. The summed E-state index contributed by atoms with van der Waals surface area (Å²) in [4.78, 5) is 11.1. The van der Waals surface area contributed by atoms with Crippen LogP contribution >= 0.6 is 0 Å². The molecule has 99 valence electrons. The Morgan fingerprint density at radius 1 is 1.47 bits per heavy atom. The zero-order chi connectivity index (χ0) is 13.7. The van der Waals surface area contributed by atoms with Crippen molar-refractivity contribution in [2.75, 3.05) is 6.54 Å². The molecule has 6 heteroatoms. The SMILES string of the molecule is C=C(C)C(=O)NCCC[CH]C(C)(C)S(=O)(=O)O. The zero-order valence-corrected chi connectivity index (χ0v) is 11.3. The van der Waals surface area contributed by atoms with Crippen LogP contribution in [-0.4, -0.2) is 30.2 Å². The summed E-state index contributed by atoms with van der Waals surface area (Å²) < 4.78 is 29.6. The molecule has 0 aliphatic rings. The number of rotatable bonds is 7. The lowest BCUT2D eigenvalue weighted by Gasteiger charge is -2.20. The van der Waals surface area contributed by atoms with Gasteiger partial charge in [0, 0.05) is 12.1 Å². The van der Waals surface area contributed by atoms with E-state index in [9.17, 15) is 13.2 Å². The Labute approximate surface area is 103 Å². The highest BCUT2D eigenvalue weighted by atomic mass is 32.2. The first kappa shape index (κ1) is 16.1. The largest absolute Gasteiger partial charge is 0.352 e. The third kappa shape index (κ3) is 5.83. The van der Waals surface area contributed by atoms with Crippen LogP contribution in [0.2, 0.25) is 0 Å². The van der Waals surface area contributed by atoms with Crippen LogP contribution in [0.4, 0.5) is 0 Å². The average Bonchev–Trinajstić information content (AvgIpc) is 2.14. The van der Waals surface area contributed by atoms with Crippen LogP contribution in [0, 0.1) is 6.42 Å². The van der Waals surface area contributed by atoms with Crippen LogP contribution in [0.3, 0.4) is 0 Å². The lowest BCUT2D eigenvalue weighted by molar-refractivity contribution is -0.117. The fourth-order valence-electron chi connectivity index (χ4n) is 1.01. The highest BCUT2D eigenvalue weighted by Crippen LogP contribution is 2.20. The molecule has 0 unspecified atom stereocenters. The minimum atomic E-state index is -4.08. The van der Waals surface area contributed by atoms with Gasteiger partial charge in [-0.15, -0.1) is 0 Å². The van der Waals surface area contributed by atoms with E-state index in [-0.39, 0.29) is 5.91 Å². The van der Waals surface area contributed by atoms with Gasteiger partial charge < -0.3 is 5.32 Å². The maximum absolute atomic E-state index is 11.1. The van der Waals surface area contributed by atoms with E-state index >= 15 is 0 Å². The van der Waals surface area contributed by atoms with Crippen molar-refractivity contribution in [1.29, 1.82) is 0 Å². The minimum Gasteiger partial charge on any atom is -0.352 e. The molecular weight excluding hydrogens is 242 g/mol. The third-order valence-corrected chi connectivity index (χ3v) is 3.85. The van der Waals surface area contributed by atoms with Crippen LogP contribution in [0.15, 0.2) is 12.2 Å². The zero-order valence-electron chi connectivity index (χ0n) is 10.5. The highest BCUT2D eigenvalue weighted by Gasteiger charge is 2.31. The van der Waals surface area contributed by atoms with Crippen LogP contribution in [0.1, 0.15) is 33.6 Å². The van der Waals surface area contributed by atoms with Gasteiger partial charge in [-0.05, 0) is 40.0 Å². The molecule has 0 aromatic carbocycles. The van der Waals surface area contributed by atoms with Crippen molar-refractivity contribution in [1.82, 2.24) is 5.32 Å². The molecule has 0 spiro atoms. The molecule has 5 nitrogen and oxygen atoms in total. The molecule has 0 atom stereocenters. The minimum absolute atomic E-state index is 0.209. The Morgan fingerprint density at radius 3 is 2.41 bits per heavy atom. The van der Waals surface area contributed by atoms with Crippen molar-refractivity contribution < 1.29 is 17.8 Å². The molecule has 0 aromatic rings. The van der Waals surface area contributed by atoms with E-state index in [1.54, 1.807) is 6.92 Å². The van der Waals surface area contributed by atoms with E-state index in [2.05, 4.69) is 11.9 Å². The maximum atomic E-state index is 11.1. The first-order valence-corrected chi connectivity index (χ1v) is 6.77. The molecule has 1 amide bonds. The van der Waals surface area contributed by atoms with Gasteiger partial charge in [0.05, 0.1) is 4.75 Å². The quantitative estimate of drug-likeness (QED) is 0.412. The van der Waals surface area contributed by atoms with Crippen molar-refractivity contribution in [3.63, 3.8) is 0 Å². The molecule has 17 heavy (non-hydrogen) atoms. The summed E-state index contributed by atoms with van der Waals surface area (Å²) in [6.07, 6.45) is 2.62. The Hall–Kier alpha value is -0.880. The number of hydrogen-bond donors (Lipinski definition) is 2. The van der Waals surface area contributed by atoms with Gasteiger partial charge in [-0.1, -0.05) is 6.58 Å². The summed E-state index contributed by atoms with van der Waals surface area (Å²) in [6, 6.07) is 0. The molecule has 0 bridgehead atoms. The molecule has 0 rings (SSSR count). The predicted octanol–water partition coefficient (Wildman–Crippen LogP) is 1.33. The van der Waals surface area contributed by atoms with Gasteiger partial charge in [0.1, 0.15) is 0 Å². The van der Waals surface area contributed by atoms with Crippen molar-refractivity contribution in [3.05, 3.63) is 18.6 Å². The molecule has 2 N–H and O–H groups in total. The second-order valence-electron chi connectivity index (χ2n) is 4.46. The lowest BCUT2D eigenvalue weighted by Crippen LogP contribution is -2.32. The predicted molar refractivity (Wildman–Crippen MR) is 67.0 cm³/mol. The normalized spacial score (nSPS) is 12.2. The summed E-state index contributed by atoms with van der Waals surface area (Å²) in [5.74, 6) is -0.209. The molecule has 0 fully saturated rings. The third-order valence-electron chi connectivity index (χ3n) is 2.35. The van der Waals surface area contributed by atoms with Gasteiger partial charge in [0.25, 0.3) is 10.1 Å². The maximum Gasteiger partial charge on any atom is 0.270 e. The van der Waals surface area contributed by atoms with Gasteiger partial charge >= 0.3 is 0 Å². The Kier molecular flexibility index (Phi) is 5.84. The Morgan fingerprint density at radius 2 is 2.00 bits per heavy atom. The molecule has 1 radical (unpaired) electrons. The molecule has 0 saturated heterocycles. The molecule has 0 aliphatic heterocycles. The van der Waals surface area contributed by atoms with Crippen LogP contribution in [-0.2, 0) is 14.9 Å². The van der Waals surface area contributed by atoms with E-state index in [1.807, 2.05) is 0 Å². The smallest absolute Gasteiger partial charge is 0.270 e. The highest BCUT2D eigenvalue weighted by molar-refractivity contribution is 7.87. The summed E-state index contributed by atoms with van der Waals surface area (Å²) in [7, 11) is -4.08. The lowest BCUT2D eigenvalue weighted by atomic mass is 10.1. The van der Waals surface area contributed by atoms with Gasteiger partial charge in [0.15, 0.2) is 0 Å². The van der Waals surface area contributed by atoms with Gasteiger partial charge in [-0.25, -0.2) is 0 Å². The molecule has 0 aliphatic carbocycles. The van der Waals surface area contributed by atoms with E-state index < -0.39 is 14.9 Å².